The zero-order chi connectivity index (χ0) is 19.3. The number of piperidine rings is 1. The van der Waals surface area contributed by atoms with Crippen molar-refractivity contribution in [3.63, 3.8) is 0 Å². The van der Waals surface area contributed by atoms with Crippen molar-refractivity contribution >= 4 is 21.8 Å². The number of sulfonamides is 1. The van der Waals surface area contributed by atoms with Crippen molar-refractivity contribution < 1.29 is 18.0 Å². The van der Waals surface area contributed by atoms with E-state index in [1.54, 1.807) is 12.1 Å². The Labute approximate surface area is 154 Å². The number of benzene rings is 1. The minimum Gasteiger partial charge on any atom is -0.369 e. The lowest BCUT2D eigenvalue weighted by Crippen LogP contribution is -2.45. The SMILES string of the molecule is CN(C)S(=O)(=O)c1ccc(CNC(=O)[C@H]2CCCN(CC(N)=O)C2)cc1. The summed E-state index contributed by atoms with van der Waals surface area (Å²) < 4.78 is 25.2. The number of carbonyl (C=O) groups is 2. The molecule has 1 fully saturated rings. The molecule has 0 spiro atoms. The van der Waals surface area contributed by atoms with Gasteiger partial charge in [-0.25, -0.2) is 12.7 Å². The Hall–Kier alpha value is -1.97. The molecule has 1 aromatic carbocycles. The monoisotopic (exact) mass is 382 g/mol. The van der Waals surface area contributed by atoms with Gasteiger partial charge in [0.05, 0.1) is 17.4 Å². The molecule has 0 aromatic heterocycles. The molecular formula is C17H26N4O4S. The summed E-state index contributed by atoms with van der Waals surface area (Å²) in [5.74, 6) is -0.625. The lowest BCUT2D eigenvalue weighted by Gasteiger charge is -2.31. The van der Waals surface area contributed by atoms with Gasteiger partial charge in [-0.2, -0.15) is 0 Å². The topological polar surface area (TPSA) is 113 Å². The van der Waals surface area contributed by atoms with Gasteiger partial charge in [0, 0.05) is 27.2 Å². The number of nitrogens with zero attached hydrogens (tertiary/aromatic N) is 2. The van der Waals surface area contributed by atoms with E-state index < -0.39 is 10.0 Å². The maximum Gasteiger partial charge on any atom is 0.242 e. The zero-order valence-corrected chi connectivity index (χ0v) is 16.0. The number of primary amides is 1. The fourth-order valence-corrected chi connectivity index (χ4v) is 3.86. The van der Waals surface area contributed by atoms with Gasteiger partial charge in [-0.3, -0.25) is 14.5 Å². The summed E-state index contributed by atoms with van der Waals surface area (Å²) in [5, 5.41) is 2.88. The fraction of sp³-hybridized carbons (Fsp3) is 0.529. The quantitative estimate of drug-likeness (QED) is 0.675. The summed E-state index contributed by atoms with van der Waals surface area (Å²) in [6.07, 6.45) is 1.63. The number of amides is 2. The van der Waals surface area contributed by atoms with Gasteiger partial charge in [-0.05, 0) is 37.1 Å². The van der Waals surface area contributed by atoms with Gasteiger partial charge in [0.25, 0.3) is 0 Å². The molecule has 8 nitrogen and oxygen atoms in total. The Bertz CT molecular complexity index is 747. The molecule has 0 unspecified atom stereocenters. The number of carbonyl (C=O) groups excluding carboxylic acids is 2. The van der Waals surface area contributed by atoms with E-state index in [0.717, 1.165) is 29.3 Å². The second kappa shape index (κ2) is 8.61. The van der Waals surface area contributed by atoms with Crippen LogP contribution in [0.15, 0.2) is 29.2 Å². The van der Waals surface area contributed by atoms with E-state index in [2.05, 4.69) is 5.32 Å². The summed E-state index contributed by atoms with van der Waals surface area (Å²) >= 11 is 0. The molecule has 2 amide bonds. The summed E-state index contributed by atoms with van der Waals surface area (Å²) in [7, 11) is -0.493. The molecular weight excluding hydrogens is 356 g/mol. The van der Waals surface area contributed by atoms with Crippen LogP contribution in [0.2, 0.25) is 0 Å². The molecule has 1 atom stereocenters. The number of rotatable bonds is 7. The second-order valence-electron chi connectivity index (χ2n) is 6.69. The van der Waals surface area contributed by atoms with Crippen LogP contribution in [0.5, 0.6) is 0 Å². The highest BCUT2D eigenvalue weighted by molar-refractivity contribution is 7.89. The Morgan fingerprint density at radius 2 is 1.92 bits per heavy atom. The third kappa shape index (κ3) is 5.26. The average Bonchev–Trinajstić information content (AvgIpc) is 2.59. The normalized spacial score (nSPS) is 18.7. The molecule has 2 rings (SSSR count). The first-order valence-corrected chi connectivity index (χ1v) is 9.94. The van der Waals surface area contributed by atoms with Crippen LogP contribution >= 0.6 is 0 Å². The van der Waals surface area contributed by atoms with E-state index in [9.17, 15) is 18.0 Å². The summed E-state index contributed by atoms with van der Waals surface area (Å²) in [6.45, 7) is 1.79. The molecule has 0 saturated carbocycles. The molecule has 144 valence electrons. The minimum atomic E-state index is -3.46. The van der Waals surface area contributed by atoms with E-state index in [0.29, 0.717) is 13.1 Å². The summed E-state index contributed by atoms with van der Waals surface area (Å²) in [6, 6.07) is 6.45. The van der Waals surface area contributed by atoms with Crippen LogP contribution in [0.3, 0.4) is 0 Å². The van der Waals surface area contributed by atoms with Gasteiger partial charge in [0.1, 0.15) is 0 Å². The van der Waals surface area contributed by atoms with E-state index in [-0.39, 0.29) is 29.2 Å². The van der Waals surface area contributed by atoms with Gasteiger partial charge in [-0.1, -0.05) is 12.1 Å². The molecule has 0 aliphatic carbocycles. The number of hydrogen-bond donors (Lipinski definition) is 2. The van der Waals surface area contributed by atoms with Gasteiger partial charge in [0.15, 0.2) is 0 Å². The van der Waals surface area contributed by atoms with Crippen molar-refractivity contribution in [2.24, 2.45) is 11.7 Å². The smallest absolute Gasteiger partial charge is 0.242 e. The Morgan fingerprint density at radius 1 is 1.27 bits per heavy atom. The Kier molecular flexibility index (Phi) is 6.74. The zero-order valence-electron chi connectivity index (χ0n) is 15.1. The van der Waals surface area contributed by atoms with Crippen LogP contribution in [0.4, 0.5) is 0 Å². The van der Waals surface area contributed by atoms with Gasteiger partial charge < -0.3 is 11.1 Å². The molecule has 1 aliphatic rings. The van der Waals surface area contributed by atoms with E-state index in [4.69, 9.17) is 5.73 Å². The number of nitrogens with two attached hydrogens (primary N) is 1. The molecule has 0 bridgehead atoms. The predicted octanol–water partition coefficient (Wildman–Crippen LogP) is -0.250. The van der Waals surface area contributed by atoms with E-state index in [1.807, 2.05) is 4.90 Å². The predicted molar refractivity (Wildman–Crippen MR) is 97.5 cm³/mol. The van der Waals surface area contributed by atoms with Crippen molar-refractivity contribution in [2.75, 3.05) is 33.7 Å². The van der Waals surface area contributed by atoms with Crippen molar-refractivity contribution in [2.45, 2.75) is 24.3 Å². The van der Waals surface area contributed by atoms with Gasteiger partial charge >= 0.3 is 0 Å². The van der Waals surface area contributed by atoms with Crippen molar-refractivity contribution in [3.8, 4) is 0 Å². The lowest BCUT2D eigenvalue weighted by molar-refractivity contribution is -0.128. The first kappa shape index (κ1) is 20.3. The highest BCUT2D eigenvalue weighted by Crippen LogP contribution is 2.17. The second-order valence-corrected chi connectivity index (χ2v) is 8.84. The maximum absolute atomic E-state index is 12.4. The molecule has 1 aliphatic heterocycles. The number of hydrogen-bond acceptors (Lipinski definition) is 5. The summed E-state index contributed by atoms with van der Waals surface area (Å²) in [5.41, 5.74) is 6.03. The van der Waals surface area contributed by atoms with Gasteiger partial charge in [-0.15, -0.1) is 0 Å². The first-order chi connectivity index (χ1) is 12.2. The maximum atomic E-state index is 12.4. The third-order valence-corrected chi connectivity index (χ3v) is 6.25. The Morgan fingerprint density at radius 3 is 2.50 bits per heavy atom. The molecule has 1 aromatic rings. The highest BCUT2D eigenvalue weighted by Gasteiger charge is 2.26. The van der Waals surface area contributed by atoms with Crippen LogP contribution in [0, 0.1) is 5.92 Å². The van der Waals surface area contributed by atoms with Crippen molar-refractivity contribution in [1.82, 2.24) is 14.5 Å². The van der Waals surface area contributed by atoms with Crippen molar-refractivity contribution in [1.29, 1.82) is 0 Å². The molecule has 26 heavy (non-hydrogen) atoms. The molecule has 3 N–H and O–H groups in total. The van der Waals surface area contributed by atoms with Crippen LogP contribution in [-0.2, 0) is 26.2 Å². The minimum absolute atomic E-state index is 0.0656. The molecule has 1 heterocycles. The largest absolute Gasteiger partial charge is 0.369 e. The molecule has 0 radical (unpaired) electrons. The third-order valence-electron chi connectivity index (χ3n) is 4.42. The standard InChI is InChI=1S/C17H26N4O4S/c1-20(2)26(24,25)15-7-5-13(6-8-15)10-19-17(23)14-4-3-9-21(11-14)12-16(18)22/h5-8,14H,3-4,9-12H2,1-2H3,(H2,18,22)(H,19,23)/t14-/m0/s1. The van der Waals surface area contributed by atoms with Crippen LogP contribution in [-0.4, -0.2) is 63.2 Å². The van der Waals surface area contributed by atoms with E-state index in [1.165, 1.54) is 26.2 Å². The van der Waals surface area contributed by atoms with Crippen LogP contribution in [0.25, 0.3) is 0 Å². The molecule has 9 heteroatoms. The van der Waals surface area contributed by atoms with Crippen LogP contribution in [0.1, 0.15) is 18.4 Å². The fourth-order valence-electron chi connectivity index (χ4n) is 2.96. The van der Waals surface area contributed by atoms with Crippen LogP contribution < -0.4 is 11.1 Å². The first-order valence-electron chi connectivity index (χ1n) is 8.50. The molecule has 1 saturated heterocycles. The van der Waals surface area contributed by atoms with Gasteiger partial charge in [0.2, 0.25) is 21.8 Å². The lowest BCUT2D eigenvalue weighted by atomic mass is 9.97. The van der Waals surface area contributed by atoms with Crippen molar-refractivity contribution in [3.05, 3.63) is 29.8 Å². The highest BCUT2D eigenvalue weighted by atomic mass is 32.2. The number of nitrogens with one attached hydrogen (secondary N) is 1. The summed E-state index contributed by atoms with van der Waals surface area (Å²) in [4.78, 5) is 25.5. The van der Waals surface area contributed by atoms with E-state index >= 15 is 0 Å². The Balaban J connectivity index is 1.90. The average molecular weight is 382 g/mol. The number of likely N-dealkylation sites (tertiary alicyclic amines) is 1.